The lowest BCUT2D eigenvalue weighted by atomic mass is 10.1. The van der Waals surface area contributed by atoms with Gasteiger partial charge in [0.25, 0.3) is 0 Å². The number of hydrogen-bond donors (Lipinski definition) is 1. The quantitative estimate of drug-likeness (QED) is 0.893. The van der Waals surface area contributed by atoms with Crippen molar-refractivity contribution in [2.75, 3.05) is 0 Å². The van der Waals surface area contributed by atoms with E-state index in [9.17, 15) is 5.11 Å². The van der Waals surface area contributed by atoms with Crippen LogP contribution in [-0.4, -0.2) is 14.7 Å². The molecule has 17 heavy (non-hydrogen) atoms. The number of aromatic nitrogens is 2. The van der Waals surface area contributed by atoms with Crippen molar-refractivity contribution in [2.24, 2.45) is 0 Å². The molecule has 0 saturated carbocycles. The van der Waals surface area contributed by atoms with Crippen LogP contribution in [0.2, 0.25) is 5.22 Å². The van der Waals surface area contributed by atoms with Gasteiger partial charge in [0.2, 0.25) is 0 Å². The Morgan fingerprint density at radius 3 is 3.06 bits per heavy atom. The van der Waals surface area contributed by atoms with Crippen molar-refractivity contribution in [1.82, 2.24) is 9.55 Å². The van der Waals surface area contributed by atoms with E-state index in [1.54, 1.807) is 12.3 Å². The number of rotatable bonds is 5. The molecular formula is C12H15ClN2O2. The molecule has 0 aliphatic heterocycles. The molecule has 0 bridgehead atoms. The van der Waals surface area contributed by atoms with Crippen molar-refractivity contribution in [3.8, 4) is 0 Å². The fourth-order valence-corrected chi connectivity index (χ4v) is 2.04. The fraction of sp³-hybridized carbons (Fsp3) is 0.417. The molecule has 0 saturated heterocycles. The van der Waals surface area contributed by atoms with Crippen LogP contribution in [0.5, 0.6) is 0 Å². The highest BCUT2D eigenvalue weighted by Crippen LogP contribution is 2.26. The van der Waals surface area contributed by atoms with E-state index in [0.717, 1.165) is 18.8 Å². The van der Waals surface area contributed by atoms with Gasteiger partial charge in [0.15, 0.2) is 5.22 Å². The maximum Gasteiger partial charge on any atom is 0.198 e. The third kappa shape index (κ3) is 2.70. The van der Waals surface area contributed by atoms with Crippen LogP contribution in [-0.2, 0) is 13.0 Å². The molecule has 0 aliphatic carbocycles. The van der Waals surface area contributed by atoms with E-state index >= 15 is 0 Å². The van der Waals surface area contributed by atoms with E-state index < -0.39 is 6.10 Å². The van der Waals surface area contributed by atoms with Crippen molar-refractivity contribution in [3.63, 3.8) is 0 Å². The number of furan rings is 1. The second kappa shape index (κ2) is 5.38. The minimum atomic E-state index is -0.681. The second-order valence-electron chi connectivity index (χ2n) is 3.91. The van der Waals surface area contributed by atoms with E-state index in [-0.39, 0.29) is 5.22 Å². The van der Waals surface area contributed by atoms with Gasteiger partial charge >= 0.3 is 0 Å². The zero-order valence-corrected chi connectivity index (χ0v) is 10.4. The van der Waals surface area contributed by atoms with E-state index in [1.807, 2.05) is 10.8 Å². The summed E-state index contributed by atoms with van der Waals surface area (Å²) in [5, 5.41) is 10.3. The number of nitrogens with zero attached hydrogens (tertiary/aromatic N) is 2. The molecule has 4 nitrogen and oxygen atoms in total. The Bertz CT molecular complexity index is 478. The first-order valence-corrected chi connectivity index (χ1v) is 6.01. The van der Waals surface area contributed by atoms with Crippen LogP contribution in [0.15, 0.2) is 29.1 Å². The van der Waals surface area contributed by atoms with E-state index in [1.165, 1.54) is 6.26 Å². The first-order valence-electron chi connectivity index (χ1n) is 5.63. The molecule has 1 unspecified atom stereocenters. The van der Waals surface area contributed by atoms with E-state index in [0.29, 0.717) is 12.0 Å². The smallest absolute Gasteiger partial charge is 0.198 e. The van der Waals surface area contributed by atoms with Gasteiger partial charge in [0.05, 0.1) is 12.4 Å². The largest absolute Gasteiger partial charge is 0.453 e. The Labute approximate surface area is 105 Å². The number of halogens is 1. The minimum absolute atomic E-state index is 0.242. The molecule has 0 aromatic carbocycles. The molecule has 0 aliphatic rings. The van der Waals surface area contributed by atoms with Crippen molar-refractivity contribution < 1.29 is 9.52 Å². The standard InChI is InChI=1S/C12H15ClN2O2/c1-2-5-15-6-4-14-11(15)8-10(16)9-3-7-17-12(9)13/h3-4,6-7,10,16H,2,5,8H2,1H3. The van der Waals surface area contributed by atoms with Gasteiger partial charge in [-0.3, -0.25) is 0 Å². The van der Waals surface area contributed by atoms with Gasteiger partial charge in [-0.15, -0.1) is 0 Å². The number of imidazole rings is 1. The van der Waals surface area contributed by atoms with Gasteiger partial charge in [-0.2, -0.15) is 0 Å². The summed E-state index contributed by atoms with van der Waals surface area (Å²) in [4.78, 5) is 4.24. The highest BCUT2D eigenvalue weighted by atomic mass is 35.5. The number of aliphatic hydroxyl groups excluding tert-OH is 1. The molecule has 0 amide bonds. The molecule has 0 radical (unpaired) electrons. The number of aliphatic hydroxyl groups is 1. The third-order valence-electron chi connectivity index (χ3n) is 2.65. The van der Waals surface area contributed by atoms with Gasteiger partial charge in [-0.1, -0.05) is 6.92 Å². The van der Waals surface area contributed by atoms with Crippen LogP contribution >= 0.6 is 11.6 Å². The van der Waals surface area contributed by atoms with Gasteiger partial charge in [0, 0.05) is 30.9 Å². The highest BCUT2D eigenvalue weighted by Gasteiger charge is 2.16. The zero-order chi connectivity index (χ0) is 12.3. The number of hydrogen-bond acceptors (Lipinski definition) is 3. The highest BCUT2D eigenvalue weighted by molar-refractivity contribution is 6.29. The predicted molar refractivity (Wildman–Crippen MR) is 64.9 cm³/mol. The van der Waals surface area contributed by atoms with E-state index in [4.69, 9.17) is 16.0 Å². The summed E-state index contributed by atoms with van der Waals surface area (Å²) in [6, 6.07) is 1.68. The molecule has 0 spiro atoms. The molecule has 2 heterocycles. The summed E-state index contributed by atoms with van der Waals surface area (Å²) in [5.74, 6) is 0.858. The van der Waals surface area contributed by atoms with Crippen LogP contribution in [0.25, 0.3) is 0 Å². The van der Waals surface area contributed by atoms with Gasteiger partial charge in [-0.25, -0.2) is 4.98 Å². The maximum absolute atomic E-state index is 10.1. The summed E-state index contributed by atoms with van der Waals surface area (Å²) in [5.41, 5.74) is 0.609. The molecule has 1 N–H and O–H groups in total. The van der Waals surface area contributed by atoms with Crippen molar-refractivity contribution in [3.05, 3.63) is 41.3 Å². The average Bonchev–Trinajstić information content (AvgIpc) is 2.89. The Kier molecular flexibility index (Phi) is 3.86. The van der Waals surface area contributed by atoms with Crippen molar-refractivity contribution >= 4 is 11.6 Å². The second-order valence-corrected chi connectivity index (χ2v) is 4.25. The first-order chi connectivity index (χ1) is 8.22. The van der Waals surface area contributed by atoms with Crippen LogP contribution in [0, 0.1) is 0 Å². The minimum Gasteiger partial charge on any atom is -0.453 e. The SMILES string of the molecule is CCCn1ccnc1CC(O)c1ccoc1Cl. The van der Waals surface area contributed by atoms with Crippen LogP contribution in [0.3, 0.4) is 0 Å². The summed E-state index contributed by atoms with van der Waals surface area (Å²) in [6.45, 7) is 3.01. The average molecular weight is 255 g/mol. The predicted octanol–water partition coefficient (Wildman–Crippen LogP) is 2.82. The lowest BCUT2D eigenvalue weighted by Gasteiger charge is -2.10. The summed E-state index contributed by atoms with van der Waals surface area (Å²) >= 11 is 5.82. The molecule has 2 rings (SSSR count). The van der Waals surface area contributed by atoms with Crippen molar-refractivity contribution in [2.45, 2.75) is 32.4 Å². The summed E-state index contributed by atoms with van der Waals surface area (Å²) < 4.78 is 7.00. The first kappa shape index (κ1) is 12.2. The lowest BCUT2D eigenvalue weighted by molar-refractivity contribution is 0.173. The van der Waals surface area contributed by atoms with Crippen LogP contribution < -0.4 is 0 Å². The van der Waals surface area contributed by atoms with Gasteiger partial charge < -0.3 is 14.1 Å². The van der Waals surface area contributed by atoms with Crippen LogP contribution in [0.4, 0.5) is 0 Å². The summed E-state index contributed by atoms with van der Waals surface area (Å²) in [7, 11) is 0. The molecular weight excluding hydrogens is 240 g/mol. The summed E-state index contributed by atoms with van der Waals surface area (Å²) in [6.07, 6.45) is 5.92. The van der Waals surface area contributed by atoms with E-state index in [2.05, 4.69) is 11.9 Å². The van der Waals surface area contributed by atoms with Crippen molar-refractivity contribution in [1.29, 1.82) is 0 Å². The van der Waals surface area contributed by atoms with Gasteiger partial charge in [0.1, 0.15) is 5.82 Å². The van der Waals surface area contributed by atoms with Gasteiger partial charge in [-0.05, 0) is 24.1 Å². The Balaban J connectivity index is 2.10. The third-order valence-corrected chi connectivity index (χ3v) is 2.95. The maximum atomic E-state index is 10.1. The Morgan fingerprint density at radius 2 is 2.41 bits per heavy atom. The molecule has 2 aromatic heterocycles. The number of aryl methyl sites for hydroxylation is 1. The fourth-order valence-electron chi connectivity index (χ4n) is 1.80. The lowest BCUT2D eigenvalue weighted by Crippen LogP contribution is -2.08. The molecule has 0 fully saturated rings. The Morgan fingerprint density at radius 1 is 1.59 bits per heavy atom. The zero-order valence-electron chi connectivity index (χ0n) is 9.64. The topological polar surface area (TPSA) is 51.2 Å². The van der Waals surface area contributed by atoms with Crippen LogP contribution in [0.1, 0.15) is 30.8 Å². The Hall–Kier alpha value is -1.26. The molecule has 2 aromatic rings. The molecule has 5 heteroatoms. The molecule has 1 atom stereocenters. The molecule has 92 valence electrons. The normalized spacial score (nSPS) is 12.9. The monoisotopic (exact) mass is 254 g/mol.